The Morgan fingerprint density at radius 3 is 2.75 bits per heavy atom. The number of likely N-dealkylation sites (tertiary alicyclic amines) is 1. The minimum Gasteiger partial charge on any atom is -0.382 e. The minimum absolute atomic E-state index is 0.0240. The van der Waals surface area contributed by atoms with Crippen molar-refractivity contribution in [2.75, 3.05) is 67.2 Å². The number of hydrogen-bond donors (Lipinski definition) is 1. The molecule has 1 N–H and O–H groups in total. The first-order chi connectivity index (χ1) is 13.5. The van der Waals surface area contributed by atoms with E-state index in [0.29, 0.717) is 25.0 Å². The normalized spacial score (nSPS) is 18.4. The van der Waals surface area contributed by atoms with Gasteiger partial charge >= 0.3 is 0 Å². The van der Waals surface area contributed by atoms with Crippen LogP contribution in [0.25, 0.3) is 0 Å². The van der Waals surface area contributed by atoms with Crippen LogP contribution in [0.5, 0.6) is 0 Å². The van der Waals surface area contributed by atoms with Crippen molar-refractivity contribution in [3.05, 3.63) is 0 Å². The summed E-state index contributed by atoms with van der Waals surface area (Å²) < 4.78 is 10.7. The van der Waals surface area contributed by atoms with Crippen LogP contribution < -0.4 is 5.32 Å². The monoisotopic (exact) mass is 398 g/mol. The SMILES string of the molecule is CCCCC(CC)CNC(=NCC(=O)N(C)C)N1CCC(COCCOC)C1. The number of carbonyl (C=O) groups excluding carboxylic acids is 1. The van der Waals surface area contributed by atoms with E-state index in [1.165, 1.54) is 19.3 Å². The molecule has 28 heavy (non-hydrogen) atoms. The fourth-order valence-corrected chi connectivity index (χ4v) is 3.28. The molecule has 1 heterocycles. The highest BCUT2D eigenvalue weighted by Crippen LogP contribution is 2.17. The standard InChI is InChI=1S/C21H42N4O3/c1-6-8-9-18(7-2)14-22-21(23-15-20(26)24(3)4)25-11-10-19(16-25)17-28-13-12-27-5/h18-19H,6-17H2,1-5H3,(H,22,23). The maximum absolute atomic E-state index is 12.0. The van der Waals surface area contributed by atoms with Gasteiger partial charge in [0.1, 0.15) is 6.54 Å². The van der Waals surface area contributed by atoms with Gasteiger partial charge in [0.25, 0.3) is 0 Å². The van der Waals surface area contributed by atoms with Crippen LogP contribution in [0.3, 0.4) is 0 Å². The number of ether oxygens (including phenoxy) is 2. The Labute approximate surface area is 171 Å². The number of likely N-dealkylation sites (N-methyl/N-ethyl adjacent to an activating group) is 1. The molecule has 7 heteroatoms. The lowest BCUT2D eigenvalue weighted by atomic mass is 9.99. The van der Waals surface area contributed by atoms with Gasteiger partial charge in [-0.05, 0) is 18.8 Å². The molecule has 0 radical (unpaired) electrons. The summed E-state index contributed by atoms with van der Waals surface area (Å²) in [4.78, 5) is 20.5. The molecular weight excluding hydrogens is 356 g/mol. The van der Waals surface area contributed by atoms with E-state index < -0.39 is 0 Å². The molecule has 1 fully saturated rings. The average molecular weight is 399 g/mol. The number of amides is 1. The summed E-state index contributed by atoms with van der Waals surface area (Å²) in [5.41, 5.74) is 0. The van der Waals surface area contributed by atoms with Crippen molar-refractivity contribution in [1.82, 2.24) is 15.1 Å². The van der Waals surface area contributed by atoms with E-state index in [4.69, 9.17) is 9.47 Å². The molecule has 2 unspecified atom stereocenters. The zero-order chi connectivity index (χ0) is 20.8. The first-order valence-corrected chi connectivity index (χ1v) is 10.8. The number of methoxy groups -OCH3 is 1. The smallest absolute Gasteiger partial charge is 0.243 e. The molecule has 1 amide bonds. The predicted molar refractivity (Wildman–Crippen MR) is 115 cm³/mol. The Morgan fingerprint density at radius 2 is 2.11 bits per heavy atom. The largest absolute Gasteiger partial charge is 0.382 e. The third-order valence-electron chi connectivity index (χ3n) is 5.33. The van der Waals surface area contributed by atoms with Gasteiger partial charge in [-0.2, -0.15) is 0 Å². The maximum Gasteiger partial charge on any atom is 0.243 e. The Hall–Kier alpha value is -1.34. The van der Waals surface area contributed by atoms with Gasteiger partial charge in [0.2, 0.25) is 5.91 Å². The number of rotatable bonds is 13. The number of carbonyl (C=O) groups is 1. The van der Waals surface area contributed by atoms with Gasteiger partial charge in [0.05, 0.1) is 19.8 Å². The molecule has 0 aromatic heterocycles. The van der Waals surface area contributed by atoms with Gasteiger partial charge < -0.3 is 24.6 Å². The van der Waals surface area contributed by atoms with Crippen LogP contribution in [0.2, 0.25) is 0 Å². The molecule has 7 nitrogen and oxygen atoms in total. The van der Waals surface area contributed by atoms with Crippen LogP contribution in [0.4, 0.5) is 0 Å². The summed E-state index contributed by atoms with van der Waals surface area (Å²) >= 11 is 0. The van der Waals surface area contributed by atoms with Crippen molar-refractivity contribution in [3.63, 3.8) is 0 Å². The van der Waals surface area contributed by atoms with E-state index in [1.807, 2.05) is 0 Å². The van der Waals surface area contributed by atoms with E-state index in [1.54, 1.807) is 26.1 Å². The fraction of sp³-hybridized carbons (Fsp3) is 0.905. The lowest BCUT2D eigenvalue weighted by Gasteiger charge is -2.25. The van der Waals surface area contributed by atoms with Crippen LogP contribution in [-0.4, -0.2) is 88.9 Å². The highest BCUT2D eigenvalue weighted by Gasteiger charge is 2.25. The van der Waals surface area contributed by atoms with Gasteiger partial charge in [-0.25, -0.2) is 4.99 Å². The molecular formula is C21H42N4O3. The van der Waals surface area contributed by atoms with E-state index in [-0.39, 0.29) is 12.5 Å². The lowest BCUT2D eigenvalue weighted by molar-refractivity contribution is -0.127. The molecule has 2 atom stereocenters. The third-order valence-corrected chi connectivity index (χ3v) is 5.33. The first-order valence-electron chi connectivity index (χ1n) is 10.8. The molecule has 1 aliphatic heterocycles. The van der Waals surface area contributed by atoms with Crippen LogP contribution in [0.1, 0.15) is 46.0 Å². The highest BCUT2D eigenvalue weighted by molar-refractivity contribution is 5.85. The molecule has 1 saturated heterocycles. The quantitative estimate of drug-likeness (QED) is 0.293. The third kappa shape index (κ3) is 9.73. The Kier molecular flexibility index (Phi) is 12.9. The number of nitrogens with zero attached hydrogens (tertiary/aromatic N) is 3. The van der Waals surface area contributed by atoms with Crippen LogP contribution in [-0.2, 0) is 14.3 Å². The van der Waals surface area contributed by atoms with Gasteiger partial charge in [-0.1, -0.05) is 33.1 Å². The second-order valence-corrected chi connectivity index (χ2v) is 7.89. The summed E-state index contributed by atoms with van der Waals surface area (Å²) in [5, 5.41) is 3.56. The molecule has 0 saturated carbocycles. The Bertz CT molecular complexity index is 457. The highest BCUT2D eigenvalue weighted by atomic mass is 16.5. The van der Waals surface area contributed by atoms with Gasteiger partial charge in [0, 0.05) is 46.8 Å². The Morgan fingerprint density at radius 1 is 1.32 bits per heavy atom. The number of guanidine groups is 1. The number of nitrogens with one attached hydrogen (secondary N) is 1. The van der Waals surface area contributed by atoms with Crippen molar-refractivity contribution in [2.45, 2.75) is 46.0 Å². The van der Waals surface area contributed by atoms with Gasteiger partial charge in [-0.3, -0.25) is 4.79 Å². The molecule has 0 aromatic rings. The zero-order valence-corrected chi connectivity index (χ0v) is 18.7. The molecule has 0 bridgehead atoms. The summed E-state index contributed by atoms with van der Waals surface area (Å²) in [5.74, 6) is 2.03. The number of unbranched alkanes of at least 4 members (excludes halogenated alkanes) is 1. The fourth-order valence-electron chi connectivity index (χ4n) is 3.28. The molecule has 0 aromatic carbocycles. The van der Waals surface area contributed by atoms with E-state index in [2.05, 4.69) is 29.1 Å². The number of aliphatic imine (C=N–C) groups is 1. The minimum atomic E-state index is 0.0240. The lowest BCUT2D eigenvalue weighted by Crippen LogP contribution is -2.43. The summed E-state index contributed by atoms with van der Waals surface area (Å²) in [6.07, 6.45) is 5.97. The summed E-state index contributed by atoms with van der Waals surface area (Å²) in [6.45, 7) is 9.47. The zero-order valence-electron chi connectivity index (χ0n) is 18.7. The van der Waals surface area contributed by atoms with Crippen molar-refractivity contribution in [2.24, 2.45) is 16.8 Å². The topological polar surface area (TPSA) is 66.4 Å². The molecule has 0 aliphatic carbocycles. The molecule has 0 spiro atoms. The molecule has 1 rings (SSSR count). The maximum atomic E-state index is 12.0. The van der Waals surface area contributed by atoms with Crippen molar-refractivity contribution < 1.29 is 14.3 Å². The second kappa shape index (κ2) is 14.6. The molecule has 1 aliphatic rings. The summed E-state index contributed by atoms with van der Waals surface area (Å²) in [6, 6.07) is 0. The van der Waals surface area contributed by atoms with Crippen LogP contribution >= 0.6 is 0 Å². The molecule has 164 valence electrons. The predicted octanol–water partition coefficient (Wildman–Crippen LogP) is 2.22. The van der Waals surface area contributed by atoms with Crippen LogP contribution in [0, 0.1) is 11.8 Å². The van der Waals surface area contributed by atoms with Crippen molar-refractivity contribution in [3.8, 4) is 0 Å². The van der Waals surface area contributed by atoms with E-state index in [9.17, 15) is 4.79 Å². The van der Waals surface area contributed by atoms with Gasteiger partial charge in [-0.15, -0.1) is 0 Å². The number of hydrogen-bond acceptors (Lipinski definition) is 4. The Balaban J connectivity index is 2.62. The average Bonchev–Trinajstić information content (AvgIpc) is 3.15. The van der Waals surface area contributed by atoms with Gasteiger partial charge in [0.15, 0.2) is 5.96 Å². The van der Waals surface area contributed by atoms with Crippen molar-refractivity contribution in [1.29, 1.82) is 0 Å². The van der Waals surface area contributed by atoms with Crippen LogP contribution in [0.15, 0.2) is 4.99 Å². The van der Waals surface area contributed by atoms with E-state index >= 15 is 0 Å². The second-order valence-electron chi connectivity index (χ2n) is 7.89. The van der Waals surface area contributed by atoms with Crippen molar-refractivity contribution >= 4 is 11.9 Å². The first kappa shape index (κ1) is 24.7. The summed E-state index contributed by atoms with van der Waals surface area (Å²) in [7, 11) is 5.23. The van der Waals surface area contributed by atoms with E-state index in [0.717, 1.165) is 45.0 Å².